The Balaban J connectivity index is 2.26. The smallest absolute Gasteiger partial charge is 0.216 e. The molecule has 86 valence electrons. The molecule has 0 fully saturated rings. The van der Waals surface area contributed by atoms with Gasteiger partial charge >= 0.3 is 0 Å². The van der Waals surface area contributed by atoms with E-state index in [0.29, 0.717) is 0 Å². The third kappa shape index (κ3) is 1.51. The molecule has 0 unspecified atom stereocenters. The zero-order chi connectivity index (χ0) is 12.0. The molecule has 2 aromatic heterocycles. The van der Waals surface area contributed by atoms with Crippen LogP contribution >= 0.6 is 11.3 Å². The van der Waals surface area contributed by atoms with E-state index in [1.54, 1.807) is 11.3 Å². The highest BCUT2D eigenvalue weighted by atomic mass is 32.1. The monoisotopic (exact) mass is 244 g/mol. The lowest BCUT2D eigenvalue weighted by Gasteiger charge is -2.00. The summed E-state index contributed by atoms with van der Waals surface area (Å²) in [6.07, 6.45) is 0. The third-order valence-corrected chi connectivity index (χ3v) is 3.94. The number of hydrogen-bond acceptors (Lipinski definition) is 4. The standard InChI is InChI=1S/C12H12N4S/c1-7-8(2)17-12-15-14-11(16(7)12)9-3-5-10(13)6-4-9/h3-6H,13H2,1-2H3. The predicted octanol–water partition coefficient (Wildman–Crippen LogP) is 2.66. The van der Waals surface area contributed by atoms with Crippen LogP contribution in [0.15, 0.2) is 24.3 Å². The molecule has 0 spiro atoms. The number of aryl methyl sites for hydroxylation is 2. The summed E-state index contributed by atoms with van der Waals surface area (Å²) in [5, 5.41) is 8.44. The van der Waals surface area contributed by atoms with Crippen LogP contribution in [-0.2, 0) is 0 Å². The molecule has 0 aliphatic rings. The third-order valence-electron chi connectivity index (χ3n) is 2.89. The van der Waals surface area contributed by atoms with Gasteiger partial charge in [0.25, 0.3) is 0 Å². The summed E-state index contributed by atoms with van der Waals surface area (Å²) in [7, 11) is 0. The van der Waals surface area contributed by atoms with Crippen LogP contribution in [0.4, 0.5) is 5.69 Å². The number of anilines is 1. The molecule has 1 aromatic carbocycles. The zero-order valence-corrected chi connectivity index (χ0v) is 10.5. The van der Waals surface area contributed by atoms with Gasteiger partial charge < -0.3 is 5.73 Å². The van der Waals surface area contributed by atoms with Gasteiger partial charge in [-0.05, 0) is 38.1 Å². The van der Waals surface area contributed by atoms with Crippen LogP contribution in [0, 0.1) is 13.8 Å². The normalized spacial score (nSPS) is 11.2. The van der Waals surface area contributed by atoms with Crippen molar-refractivity contribution in [2.45, 2.75) is 13.8 Å². The summed E-state index contributed by atoms with van der Waals surface area (Å²) < 4.78 is 2.09. The fourth-order valence-corrected chi connectivity index (χ4v) is 2.73. The van der Waals surface area contributed by atoms with E-state index < -0.39 is 0 Å². The second-order valence-corrected chi connectivity index (χ2v) is 5.19. The number of fused-ring (bicyclic) bond motifs is 1. The first-order chi connectivity index (χ1) is 8.16. The molecule has 0 radical (unpaired) electrons. The molecule has 0 aliphatic heterocycles. The van der Waals surface area contributed by atoms with E-state index in [0.717, 1.165) is 22.0 Å². The summed E-state index contributed by atoms with van der Waals surface area (Å²) >= 11 is 1.66. The fourth-order valence-electron chi connectivity index (χ4n) is 1.83. The molecule has 0 saturated carbocycles. The summed E-state index contributed by atoms with van der Waals surface area (Å²) in [5.41, 5.74) is 8.67. The van der Waals surface area contributed by atoms with Crippen molar-refractivity contribution in [2.75, 3.05) is 5.73 Å². The molecule has 17 heavy (non-hydrogen) atoms. The van der Waals surface area contributed by atoms with Crippen molar-refractivity contribution in [3.63, 3.8) is 0 Å². The van der Waals surface area contributed by atoms with E-state index in [4.69, 9.17) is 5.73 Å². The molecule has 2 N–H and O–H groups in total. The van der Waals surface area contributed by atoms with Gasteiger partial charge in [0, 0.05) is 21.8 Å². The van der Waals surface area contributed by atoms with Gasteiger partial charge in [0.2, 0.25) is 4.96 Å². The minimum absolute atomic E-state index is 0.757. The Labute approximate surface area is 103 Å². The van der Waals surface area contributed by atoms with Gasteiger partial charge in [-0.2, -0.15) is 0 Å². The number of rotatable bonds is 1. The van der Waals surface area contributed by atoms with Crippen LogP contribution in [0.3, 0.4) is 0 Å². The number of benzene rings is 1. The van der Waals surface area contributed by atoms with Crippen molar-refractivity contribution >= 4 is 22.0 Å². The van der Waals surface area contributed by atoms with Gasteiger partial charge in [-0.15, -0.1) is 10.2 Å². The first-order valence-corrected chi connectivity index (χ1v) is 6.15. The Kier molecular flexibility index (Phi) is 2.16. The number of aromatic nitrogens is 3. The molecule has 0 saturated heterocycles. The average Bonchev–Trinajstić information content (AvgIpc) is 2.83. The van der Waals surface area contributed by atoms with Gasteiger partial charge in [-0.3, -0.25) is 4.40 Å². The van der Waals surface area contributed by atoms with E-state index >= 15 is 0 Å². The number of thiazole rings is 1. The van der Waals surface area contributed by atoms with Crippen LogP contribution in [0.1, 0.15) is 10.6 Å². The molecule has 0 aliphatic carbocycles. The second kappa shape index (κ2) is 3.56. The van der Waals surface area contributed by atoms with Crippen molar-refractivity contribution < 1.29 is 0 Å². The molecule has 2 heterocycles. The molecule has 0 atom stereocenters. The second-order valence-electron chi connectivity index (χ2n) is 4.01. The highest BCUT2D eigenvalue weighted by Gasteiger charge is 2.13. The molecule has 4 nitrogen and oxygen atoms in total. The Bertz CT molecular complexity index is 678. The van der Waals surface area contributed by atoms with Crippen molar-refractivity contribution in [2.24, 2.45) is 0 Å². The van der Waals surface area contributed by atoms with Crippen LogP contribution in [0.25, 0.3) is 16.3 Å². The Hall–Kier alpha value is -1.88. The van der Waals surface area contributed by atoms with Gasteiger partial charge in [-0.1, -0.05) is 11.3 Å². The largest absolute Gasteiger partial charge is 0.399 e. The lowest BCUT2D eigenvalue weighted by atomic mass is 10.2. The van der Waals surface area contributed by atoms with Crippen molar-refractivity contribution in [3.05, 3.63) is 34.8 Å². The quantitative estimate of drug-likeness (QED) is 0.669. The van der Waals surface area contributed by atoms with Crippen molar-refractivity contribution in [3.8, 4) is 11.4 Å². The summed E-state index contributed by atoms with van der Waals surface area (Å²) in [4.78, 5) is 2.21. The van der Waals surface area contributed by atoms with Gasteiger partial charge in [-0.25, -0.2) is 0 Å². The minimum atomic E-state index is 0.757. The van der Waals surface area contributed by atoms with Gasteiger partial charge in [0.15, 0.2) is 5.82 Å². The van der Waals surface area contributed by atoms with E-state index in [-0.39, 0.29) is 0 Å². The van der Waals surface area contributed by atoms with Crippen LogP contribution in [-0.4, -0.2) is 14.6 Å². The molecular weight excluding hydrogens is 232 g/mol. The van der Waals surface area contributed by atoms with Crippen LogP contribution < -0.4 is 5.73 Å². The van der Waals surface area contributed by atoms with E-state index in [1.807, 2.05) is 24.3 Å². The predicted molar refractivity (Wildman–Crippen MR) is 70.2 cm³/mol. The lowest BCUT2D eigenvalue weighted by Crippen LogP contribution is -1.91. The molecular formula is C12H12N4S. The van der Waals surface area contributed by atoms with Gasteiger partial charge in [0.1, 0.15) is 0 Å². The average molecular weight is 244 g/mol. The van der Waals surface area contributed by atoms with E-state index in [1.165, 1.54) is 10.6 Å². The van der Waals surface area contributed by atoms with Crippen LogP contribution in [0.5, 0.6) is 0 Å². The van der Waals surface area contributed by atoms with Crippen molar-refractivity contribution in [1.29, 1.82) is 0 Å². The maximum Gasteiger partial charge on any atom is 0.216 e. The number of hydrogen-bond donors (Lipinski definition) is 1. The van der Waals surface area contributed by atoms with Crippen LogP contribution in [0.2, 0.25) is 0 Å². The first-order valence-electron chi connectivity index (χ1n) is 5.34. The highest BCUT2D eigenvalue weighted by Crippen LogP contribution is 2.27. The highest BCUT2D eigenvalue weighted by molar-refractivity contribution is 7.17. The van der Waals surface area contributed by atoms with E-state index in [2.05, 4.69) is 28.4 Å². The SMILES string of the molecule is Cc1sc2nnc(-c3ccc(N)cc3)n2c1C. The molecule has 3 aromatic rings. The first kappa shape index (κ1) is 10.3. The molecule has 5 heteroatoms. The number of nitrogen functional groups attached to an aromatic ring is 1. The zero-order valence-electron chi connectivity index (χ0n) is 9.64. The fraction of sp³-hybridized carbons (Fsp3) is 0.167. The maximum atomic E-state index is 5.69. The minimum Gasteiger partial charge on any atom is -0.399 e. The number of nitrogens with two attached hydrogens (primary N) is 1. The number of nitrogens with zero attached hydrogens (tertiary/aromatic N) is 3. The lowest BCUT2D eigenvalue weighted by molar-refractivity contribution is 1.08. The Morgan fingerprint density at radius 1 is 1.12 bits per heavy atom. The Morgan fingerprint density at radius 2 is 1.82 bits per heavy atom. The maximum absolute atomic E-state index is 5.69. The van der Waals surface area contributed by atoms with Gasteiger partial charge in [0.05, 0.1) is 0 Å². The molecule has 0 bridgehead atoms. The molecule has 3 rings (SSSR count). The molecule has 0 amide bonds. The summed E-state index contributed by atoms with van der Waals surface area (Å²) in [5.74, 6) is 0.877. The van der Waals surface area contributed by atoms with E-state index in [9.17, 15) is 0 Å². The summed E-state index contributed by atoms with van der Waals surface area (Å²) in [6.45, 7) is 4.18. The summed E-state index contributed by atoms with van der Waals surface area (Å²) in [6, 6.07) is 7.70. The Morgan fingerprint density at radius 3 is 2.53 bits per heavy atom. The topological polar surface area (TPSA) is 56.2 Å². The van der Waals surface area contributed by atoms with Crippen molar-refractivity contribution in [1.82, 2.24) is 14.6 Å².